The van der Waals surface area contributed by atoms with Crippen molar-refractivity contribution in [2.24, 2.45) is 0 Å². The first-order valence-corrected chi connectivity index (χ1v) is 12.1. The number of aryl methyl sites for hydroxylation is 1. The molecule has 0 bridgehead atoms. The van der Waals surface area contributed by atoms with Gasteiger partial charge in [-0.3, -0.25) is 4.72 Å². The van der Waals surface area contributed by atoms with Crippen LogP contribution in [0.4, 0.5) is 16.5 Å². The van der Waals surface area contributed by atoms with Gasteiger partial charge in [0.25, 0.3) is 10.0 Å². The number of aromatic nitrogens is 2. The Hall–Kier alpha value is -2.80. The molecule has 1 aromatic carbocycles. The minimum atomic E-state index is -3.86. The van der Waals surface area contributed by atoms with Gasteiger partial charge in [-0.1, -0.05) is 11.6 Å². The van der Waals surface area contributed by atoms with Gasteiger partial charge >= 0.3 is 5.97 Å². The highest BCUT2D eigenvalue weighted by molar-refractivity contribution is 7.92. The molecule has 0 radical (unpaired) electrons. The maximum absolute atomic E-state index is 12.5. The Balaban J connectivity index is 1.69. The predicted octanol–water partition coefficient (Wildman–Crippen LogP) is 4.20. The van der Waals surface area contributed by atoms with E-state index in [4.69, 9.17) is 28.6 Å². The van der Waals surface area contributed by atoms with Gasteiger partial charge in [-0.25, -0.2) is 13.2 Å². The quantitative estimate of drug-likeness (QED) is 0.330. The van der Waals surface area contributed by atoms with Crippen LogP contribution in [0.15, 0.2) is 41.3 Å². The van der Waals surface area contributed by atoms with Crippen molar-refractivity contribution in [3.05, 3.63) is 57.6 Å². The Labute approximate surface area is 199 Å². The van der Waals surface area contributed by atoms with Gasteiger partial charge in [-0.15, -0.1) is 21.5 Å². The van der Waals surface area contributed by atoms with E-state index in [0.717, 1.165) is 10.4 Å². The Kier molecular flexibility index (Phi) is 7.29. The van der Waals surface area contributed by atoms with Crippen molar-refractivity contribution >= 4 is 72.8 Å². The van der Waals surface area contributed by atoms with Crippen molar-refractivity contribution in [1.29, 1.82) is 0 Å². The number of thiophene rings is 1. The van der Waals surface area contributed by atoms with E-state index in [1.54, 1.807) is 12.1 Å². The van der Waals surface area contributed by atoms with E-state index >= 15 is 0 Å². The van der Waals surface area contributed by atoms with Crippen LogP contribution in [0.3, 0.4) is 0 Å². The highest BCUT2D eigenvalue weighted by Crippen LogP contribution is 2.33. The molecule has 0 saturated carbocycles. The standard InChI is InChI=1S/C19H18ClN5O4S3/c1-10-11(2)31-17(16(10)18(26)29-3)22-19(30)21-12-4-6-13(7-5-12)32(27,28)25-15-9-8-14(20)23-24-15/h4-9H,1-3H3,(H,24,25)(H2,21,22,30). The summed E-state index contributed by atoms with van der Waals surface area (Å²) in [4.78, 5) is 13.1. The fourth-order valence-electron chi connectivity index (χ4n) is 2.61. The lowest BCUT2D eigenvalue weighted by Crippen LogP contribution is -2.20. The van der Waals surface area contributed by atoms with E-state index in [1.165, 1.54) is 42.7 Å². The summed E-state index contributed by atoms with van der Waals surface area (Å²) in [5.74, 6) is -0.408. The Morgan fingerprint density at radius 2 is 1.78 bits per heavy atom. The number of ether oxygens (including phenoxy) is 1. The van der Waals surface area contributed by atoms with Gasteiger partial charge in [0.2, 0.25) is 0 Å². The van der Waals surface area contributed by atoms with Gasteiger partial charge in [-0.2, -0.15) is 0 Å². The molecule has 0 unspecified atom stereocenters. The van der Waals surface area contributed by atoms with E-state index in [2.05, 4.69) is 25.6 Å². The van der Waals surface area contributed by atoms with Crippen molar-refractivity contribution < 1.29 is 17.9 Å². The smallest absolute Gasteiger partial charge is 0.341 e. The number of benzene rings is 1. The number of halogens is 1. The summed E-state index contributed by atoms with van der Waals surface area (Å²) in [5, 5.41) is 14.2. The molecule has 0 aliphatic rings. The minimum Gasteiger partial charge on any atom is -0.465 e. The normalized spacial score (nSPS) is 11.0. The fourth-order valence-corrected chi connectivity index (χ4v) is 5.05. The number of hydrogen-bond acceptors (Lipinski definition) is 8. The Bertz CT molecular complexity index is 1260. The number of esters is 1. The lowest BCUT2D eigenvalue weighted by atomic mass is 10.1. The molecule has 0 fully saturated rings. The fraction of sp³-hybridized carbons (Fsp3) is 0.158. The summed E-state index contributed by atoms with van der Waals surface area (Å²) < 4.78 is 32.2. The zero-order valence-corrected chi connectivity index (χ0v) is 20.3. The van der Waals surface area contributed by atoms with E-state index in [-0.39, 0.29) is 21.0 Å². The molecule has 0 aliphatic heterocycles. The van der Waals surface area contributed by atoms with Gasteiger partial charge in [0.15, 0.2) is 16.1 Å². The minimum absolute atomic E-state index is 0.0242. The van der Waals surface area contributed by atoms with Crippen molar-refractivity contribution in [1.82, 2.24) is 10.2 Å². The topological polar surface area (TPSA) is 122 Å². The summed E-state index contributed by atoms with van der Waals surface area (Å²) in [5.41, 5.74) is 1.80. The third-order valence-electron chi connectivity index (χ3n) is 4.30. The van der Waals surface area contributed by atoms with E-state index in [0.29, 0.717) is 16.3 Å². The molecule has 2 heterocycles. The molecule has 3 N–H and O–H groups in total. The molecule has 0 atom stereocenters. The van der Waals surface area contributed by atoms with Gasteiger partial charge in [0.05, 0.1) is 17.6 Å². The average molecular weight is 512 g/mol. The number of nitrogens with zero attached hydrogens (tertiary/aromatic N) is 2. The second-order valence-electron chi connectivity index (χ2n) is 6.43. The SMILES string of the molecule is COC(=O)c1c(NC(=S)Nc2ccc(S(=O)(=O)Nc3ccc(Cl)nn3)cc2)sc(C)c1C. The highest BCUT2D eigenvalue weighted by atomic mass is 35.5. The molecule has 32 heavy (non-hydrogen) atoms. The van der Waals surface area contributed by atoms with Gasteiger partial charge in [-0.05, 0) is 68.0 Å². The number of carbonyl (C=O) groups is 1. The van der Waals surface area contributed by atoms with Crippen molar-refractivity contribution in [2.45, 2.75) is 18.7 Å². The van der Waals surface area contributed by atoms with Crippen molar-refractivity contribution in [2.75, 3.05) is 22.5 Å². The number of sulfonamides is 1. The van der Waals surface area contributed by atoms with Crippen LogP contribution in [0, 0.1) is 13.8 Å². The second-order valence-corrected chi connectivity index (χ2v) is 10.1. The van der Waals surface area contributed by atoms with Gasteiger partial charge in [0.1, 0.15) is 5.00 Å². The molecule has 3 aromatic rings. The lowest BCUT2D eigenvalue weighted by Gasteiger charge is -2.12. The number of methoxy groups -OCH3 is 1. The largest absolute Gasteiger partial charge is 0.465 e. The van der Waals surface area contributed by atoms with Gasteiger partial charge < -0.3 is 15.4 Å². The molecule has 0 spiro atoms. The number of hydrogen-bond donors (Lipinski definition) is 3. The number of anilines is 3. The number of nitrogens with one attached hydrogen (secondary N) is 3. The summed E-state index contributed by atoms with van der Waals surface area (Å²) in [6, 6.07) is 8.77. The zero-order chi connectivity index (χ0) is 23.5. The number of thiocarbonyl (C=S) groups is 1. The third-order valence-corrected chi connectivity index (χ3v) is 7.19. The maximum atomic E-state index is 12.5. The van der Waals surface area contributed by atoms with E-state index in [9.17, 15) is 13.2 Å². The third kappa shape index (κ3) is 5.51. The number of carbonyl (C=O) groups excluding carboxylic acids is 1. The molecule has 168 valence electrons. The van der Waals surface area contributed by atoms with Crippen LogP contribution in [0.25, 0.3) is 0 Å². The van der Waals surface area contributed by atoms with Crippen LogP contribution in [-0.4, -0.2) is 36.8 Å². The number of rotatable bonds is 6. The van der Waals surface area contributed by atoms with Crippen LogP contribution >= 0.6 is 35.2 Å². The molecule has 0 saturated heterocycles. The first kappa shape index (κ1) is 23.9. The summed E-state index contributed by atoms with van der Waals surface area (Å²) in [6.45, 7) is 3.74. The van der Waals surface area contributed by atoms with Crippen LogP contribution < -0.4 is 15.4 Å². The second kappa shape index (κ2) is 9.77. The van der Waals surface area contributed by atoms with Gasteiger partial charge in [0, 0.05) is 10.6 Å². The van der Waals surface area contributed by atoms with Crippen LogP contribution in [0.1, 0.15) is 20.8 Å². The molecular weight excluding hydrogens is 494 g/mol. The monoisotopic (exact) mass is 511 g/mol. The molecule has 0 amide bonds. The predicted molar refractivity (Wildman–Crippen MR) is 129 cm³/mol. The highest BCUT2D eigenvalue weighted by Gasteiger charge is 2.21. The molecule has 2 aromatic heterocycles. The average Bonchev–Trinajstić information content (AvgIpc) is 3.02. The van der Waals surface area contributed by atoms with Crippen molar-refractivity contribution in [3.63, 3.8) is 0 Å². The molecule has 9 nitrogen and oxygen atoms in total. The van der Waals surface area contributed by atoms with Crippen LogP contribution in [-0.2, 0) is 14.8 Å². The Morgan fingerprint density at radius 3 is 2.38 bits per heavy atom. The molecule has 0 aliphatic carbocycles. The first-order valence-electron chi connectivity index (χ1n) is 8.99. The van der Waals surface area contributed by atoms with E-state index in [1.807, 2.05) is 13.8 Å². The summed E-state index contributed by atoms with van der Waals surface area (Å²) in [6.07, 6.45) is 0. The summed E-state index contributed by atoms with van der Waals surface area (Å²) >= 11 is 12.4. The van der Waals surface area contributed by atoms with Crippen LogP contribution in [0.5, 0.6) is 0 Å². The maximum Gasteiger partial charge on any atom is 0.341 e. The molecule has 13 heteroatoms. The molecular formula is C19H18ClN5O4S3. The molecule has 3 rings (SSSR count). The van der Waals surface area contributed by atoms with Crippen molar-refractivity contribution in [3.8, 4) is 0 Å². The summed E-state index contributed by atoms with van der Waals surface area (Å²) in [7, 11) is -2.54. The zero-order valence-electron chi connectivity index (χ0n) is 17.1. The first-order chi connectivity index (χ1) is 15.1. The van der Waals surface area contributed by atoms with Crippen LogP contribution in [0.2, 0.25) is 5.15 Å². The van der Waals surface area contributed by atoms with E-state index < -0.39 is 16.0 Å². The lowest BCUT2D eigenvalue weighted by molar-refractivity contribution is 0.0601. The Morgan fingerprint density at radius 1 is 1.09 bits per heavy atom.